The molecule has 0 radical (unpaired) electrons. The topological polar surface area (TPSA) is 121 Å². The number of hydrogen-bond donors (Lipinski definition) is 3. The van der Waals surface area contributed by atoms with Gasteiger partial charge in [-0.15, -0.1) is 0 Å². The number of aromatic nitrogens is 1. The van der Waals surface area contributed by atoms with Gasteiger partial charge in [-0.1, -0.05) is 12.1 Å². The predicted octanol–water partition coefficient (Wildman–Crippen LogP) is 1.88. The fraction of sp³-hybridized carbons (Fsp3) is 0.440. The number of primary amides is 1. The zero-order valence-electron chi connectivity index (χ0n) is 19.1. The van der Waals surface area contributed by atoms with Gasteiger partial charge >= 0.3 is 6.03 Å². The maximum absolute atomic E-state index is 12.9. The van der Waals surface area contributed by atoms with E-state index in [-0.39, 0.29) is 23.4 Å². The fourth-order valence-electron chi connectivity index (χ4n) is 5.33. The van der Waals surface area contributed by atoms with E-state index in [2.05, 4.69) is 20.5 Å². The van der Waals surface area contributed by atoms with Crippen LogP contribution in [0.4, 0.5) is 10.5 Å². The number of hydrogen-bond acceptors (Lipinski definition) is 5. The number of rotatable bonds is 6. The number of pyridine rings is 1. The number of amides is 4. The van der Waals surface area contributed by atoms with Crippen LogP contribution in [0.5, 0.6) is 0 Å². The van der Waals surface area contributed by atoms with Crippen LogP contribution in [-0.4, -0.2) is 60.0 Å². The quantitative estimate of drug-likeness (QED) is 0.605. The normalized spacial score (nSPS) is 18.8. The molecule has 1 saturated carbocycles. The molecule has 9 nitrogen and oxygen atoms in total. The van der Waals surface area contributed by atoms with Crippen molar-refractivity contribution >= 4 is 23.5 Å². The zero-order chi connectivity index (χ0) is 23.7. The molecule has 1 aromatic carbocycles. The number of urea groups is 1. The Morgan fingerprint density at radius 3 is 2.41 bits per heavy atom. The Kier molecular flexibility index (Phi) is 5.85. The largest absolute Gasteiger partial charge is 0.370 e. The van der Waals surface area contributed by atoms with E-state index in [0.29, 0.717) is 17.7 Å². The molecule has 2 saturated heterocycles. The molecule has 1 aliphatic carbocycles. The SMILES string of the molecule is NC(=O)c1ccc(CNC(=O)NC2CC3(C2)CN(C(=O)c2cncc(N4CCCC4)c2)C3)cc1. The van der Waals surface area contributed by atoms with Crippen LogP contribution in [0.3, 0.4) is 0 Å². The summed E-state index contributed by atoms with van der Waals surface area (Å²) in [4.78, 5) is 44.8. The molecule has 178 valence electrons. The molecule has 0 bridgehead atoms. The van der Waals surface area contributed by atoms with Crippen LogP contribution in [0.2, 0.25) is 0 Å². The first-order valence-corrected chi connectivity index (χ1v) is 11.8. The van der Waals surface area contributed by atoms with Crippen molar-refractivity contribution in [1.29, 1.82) is 0 Å². The first-order chi connectivity index (χ1) is 16.4. The van der Waals surface area contributed by atoms with E-state index >= 15 is 0 Å². The van der Waals surface area contributed by atoms with Crippen LogP contribution in [0, 0.1) is 5.41 Å². The Balaban J connectivity index is 1.04. The number of anilines is 1. The molecule has 5 rings (SSSR count). The first-order valence-electron chi connectivity index (χ1n) is 11.8. The average molecular weight is 463 g/mol. The Hall–Kier alpha value is -3.62. The third-order valence-electron chi connectivity index (χ3n) is 7.17. The summed E-state index contributed by atoms with van der Waals surface area (Å²) in [5.74, 6) is -0.435. The number of nitrogens with one attached hydrogen (secondary N) is 2. The minimum absolute atomic E-state index is 0.0377. The summed E-state index contributed by atoms with van der Waals surface area (Å²) >= 11 is 0. The standard InChI is InChI=1S/C25H30N6O3/c26-22(32)18-5-3-17(4-6-18)12-28-24(34)29-20-10-25(11-20)15-31(16-25)23(33)19-9-21(14-27-13-19)30-7-1-2-8-30/h3-6,9,13-14,20H,1-2,7-8,10-12,15-16H2,(H2,26,32)(H2,28,29,34). The molecular formula is C25H30N6O3. The summed E-state index contributed by atoms with van der Waals surface area (Å²) in [5, 5.41) is 5.86. The third-order valence-corrected chi connectivity index (χ3v) is 7.17. The molecule has 2 aliphatic heterocycles. The molecule has 3 fully saturated rings. The van der Waals surface area contributed by atoms with Crippen LogP contribution in [0.15, 0.2) is 42.7 Å². The summed E-state index contributed by atoms with van der Waals surface area (Å²) in [6.45, 7) is 3.87. The number of benzene rings is 1. The molecule has 1 spiro atoms. The van der Waals surface area contributed by atoms with Crippen molar-refractivity contribution in [3.63, 3.8) is 0 Å². The number of carbonyl (C=O) groups is 3. The van der Waals surface area contributed by atoms with Gasteiger partial charge in [-0.25, -0.2) is 4.79 Å². The van der Waals surface area contributed by atoms with Gasteiger partial charge in [-0.05, 0) is 49.4 Å². The number of carbonyl (C=O) groups excluding carboxylic acids is 3. The summed E-state index contributed by atoms with van der Waals surface area (Å²) in [6.07, 6.45) is 7.62. The summed E-state index contributed by atoms with van der Waals surface area (Å²) in [6, 6.07) is 8.71. The van der Waals surface area contributed by atoms with Crippen molar-refractivity contribution in [3.05, 3.63) is 59.4 Å². The third kappa shape index (κ3) is 4.55. The van der Waals surface area contributed by atoms with E-state index in [1.165, 1.54) is 12.8 Å². The molecule has 4 N–H and O–H groups in total. The molecule has 1 aromatic heterocycles. The van der Waals surface area contributed by atoms with E-state index in [0.717, 1.165) is 50.3 Å². The molecule has 3 aliphatic rings. The predicted molar refractivity (Wildman–Crippen MR) is 127 cm³/mol. The van der Waals surface area contributed by atoms with Crippen LogP contribution in [-0.2, 0) is 6.54 Å². The second-order valence-corrected chi connectivity index (χ2v) is 9.78. The van der Waals surface area contributed by atoms with Crippen molar-refractivity contribution in [2.24, 2.45) is 11.1 Å². The van der Waals surface area contributed by atoms with E-state index in [4.69, 9.17) is 5.73 Å². The van der Waals surface area contributed by atoms with Crippen molar-refractivity contribution < 1.29 is 14.4 Å². The lowest BCUT2D eigenvalue weighted by molar-refractivity contribution is -0.0585. The van der Waals surface area contributed by atoms with E-state index in [1.807, 2.05) is 17.2 Å². The van der Waals surface area contributed by atoms with E-state index in [1.54, 1.807) is 30.5 Å². The Labute approximate surface area is 198 Å². The molecule has 0 unspecified atom stereocenters. The molecule has 0 atom stereocenters. The fourth-order valence-corrected chi connectivity index (χ4v) is 5.33. The Bertz CT molecular complexity index is 1080. The van der Waals surface area contributed by atoms with Gasteiger partial charge in [-0.3, -0.25) is 14.6 Å². The van der Waals surface area contributed by atoms with Crippen LogP contribution in [0.1, 0.15) is 52.0 Å². The van der Waals surface area contributed by atoms with Gasteiger partial charge in [0, 0.05) is 55.9 Å². The first kappa shape index (κ1) is 22.2. The maximum Gasteiger partial charge on any atom is 0.315 e. The number of nitrogens with zero attached hydrogens (tertiary/aromatic N) is 3. The highest BCUT2D eigenvalue weighted by Crippen LogP contribution is 2.48. The van der Waals surface area contributed by atoms with E-state index in [9.17, 15) is 14.4 Å². The van der Waals surface area contributed by atoms with Crippen LogP contribution >= 0.6 is 0 Å². The Morgan fingerprint density at radius 2 is 1.74 bits per heavy atom. The van der Waals surface area contributed by atoms with Gasteiger partial charge < -0.3 is 26.2 Å². The highest BCUT2D eigenvalue weighted by atomic mass is 16.2. The Morgan fingerprint density at radius 1 is 1.03 bits per heavy atom. The van der Waals surface area contributed by atoms with Gasteiger partial charge in [0.2, 0.25) is 5.91 Å². The number of likely N-dealkylation sites (tertiary alicyclic amines) is 1. The highest BCUT2D eigenvalue weighted by molar-refractivity contribution is 5.95. The highest BCUT2D eigenvalue weighted by Gasteiger charge is 2.54. The minimum Gasteiger partial charge on any atom is -0.370 e. The van der Waals surface area contributed by atoms with Gasteiger partial charge in [0.25, 0.3) is 5.91 Å². The number of nitrogens with two attached hydrogens (primary N) is 1. The smallest absolute Gasteiger partial charge is 0.315 e. The van der Waals surface area contributed by atoms with Crippen LogP contribution < -0.4 is 21.3 Å². The molecule has 34 heavy (non-hydrogen) atoms. The average Bonchev–Trinajstić information content (AvgIpc) is 3.33. The molecule has 3 heterocycles. The van der Waals surface area contributed by atoms with Gasteiger partial charge in [0.1, 0.15) is 0 Å². The van der Waals surface area contributed by atoms with E-state index < -0.39 is 5.91 Å². The molecule has 4 amide bonds. The maximum atomic E-state index is 12.9. The molecule has 2 aromatic rings. The zero-order valence-corrected chi connectivity index (χ0v) is 19.1. The molecular weight excluding hydrogens is 432 g/mol. The van der Waals surface area contributed by atoms with Crippen molar-refractivity contribution in [3.8, 4) is 0 Å². The van der Waals surface area contributed by atoms with Gasteiger partial charge in [0.15, 0.2) is 0 Å². The van der Waals surface area contributed by atoms with Crippen LogP contribution in [0.25, 0.3) is 0 Å². The second-order valence-electron chi connectivity index (χ2n) is 9.78. The van der Waals surface area contributed by atoms with Crippen molar-refractivity contribution in [1.82, 2.24) is 20.5 Å². The minimum atomic E-state index is -0.473. The summed E-state index contributed by atoms with van der Waals surface area (Å²) < 4.78 is 0. The monoisotopic (exact) mass is 462 g/mol. The van der Waals surface area contributed by atoms with Gasteiger partial charge in [0.05, 0.1) is 17.4 Å². The lowest BCUT2D eigenvalue weighted by atomic mass is 9.60. The van der Waals surface area contributed by atoms with Crippen molar-refractivity contribution in [2.45, 2.75) is 38.3 Å². The summed E-state index contributed by atoms with van der Waals surface area (Å²) in [5.41, 5.74) is 8.37. The lowest BCUT2D eigenvalue weighted by Gasteiger charge is -2.59. The van der Waals surface area contributed by atoms with Crippen molar-refractivity contribution in [2.75, 3.05) is 31.1 Å². The second kappa shape index (κ2) is 8.96. The molecule has 9 heteroatoms. The lowest BCUT2D eigenvalue weighted by Crippen LogP contribution is -2.67. The summed E-state index contributed by atoms with van der Waals surface area (Å²) in [7, 11) is 0. The van der Waals surface area contributed by atoms with Gasteiger partial charge in [-0.2, -0.15) is 0 Å².